The summed E-state index contributed by atoms with van der Waals surface area (Å²) in [6.07, 6.45) is 0. The second kappa shape index (κ2) is 4.65. The first-order valence-corrected chi connectivity index (χ1v) is 6.35. The number of benzene rings is 1. The van der Waals surface area contributed by atoms with Gasteiger partial charge < -0.3 is 6.92 Å². The summed E-state index contributed by atoms with van der Waals surface area (Å²) >= 11 is 0. The summed E-state index contributed by atoms with van der Waals surface area (Å²) in [6, 6.07) is 0. The predicted molar refractivity (Wildman–Crippen MR) is 76.4 cm³/mol. The molecule has 1 atom stereocenters. The summed E-state index contributed by atoms with van der Waals surface area (Å²) in [6.45, 7) is 20.1. The van der Waals surface area contributed by atoms with Gasteiger partial charge in [-0.3, -0.25) is 0 Å². The Morgan fingerprint density at radius 3 is 1.72 bits per heavy atom. The summed E-state index contributed by atoms with van der Waals surface area (Å²) in [7, 11) is 0. The van der Waals surface area contributed by atoms with Crippen molar-refractivity contribution < 1.29 is 21.7 Å². The van der Waals surface area contributed by atoms with Crippen molar-refractivity contribution >= 4 is 5.57 Å². The van der Waals surface area contributed by atoms with Gasteiger partial charge in [-0.1, -0.05) is 18.1 Å². The fraction of sp³-hybridized carbons (Fsp3) is 0.471. The molecule has 0 saturated carbocycles. The van der Waals surface area contributed by atoms with Crippen LogP contribution in [0.2, 0.25) is 0 Å². The third kappa shape index (κ3) is 1.77. The molecule has 0 nitrogen and oxygen atoms in total. The normalized spacial score (nSPS) is 22.0. The van der Waals surface area contributed by atoms with Crippen molar-refractivity contribution in [2.75, 3.05) is 0 Å². The molecule has 0 saturated heterocycles. The number of hydrogen-bond donors (Lipinski definition) is 0. The van der Waals surface area contributed by atoms with E-state index in [0.717, 1.165) is 0 Å². The number of hydrogen-bond acceptors (Lipinski definition) is 0. The molecule has 0 radical (unpaired) electrons. The Bertz CT molecular complexity index is 545. The minimum absolute atomic E-state index is 0. The van der Waals surface area contributed by atoms with Gasteiger partial charge in [0.1, 0.15) is 0 Å². The summed E-state index contributed by atoms with van der Waals surface area (Å²) < 4.78 is 0. The third-order valence-corrected chi connectivity index (χ3v) is 5.00. The predicted octanol–water partition coefficient (Wildman–Crippen LogP) is 4.82. The van der Waals surface area contributed by atoms with E-state index in [2.05, 4.69) is 55.4 Å². The maximum Gasteiger partial charge on any atom is 0 e. The second-order valence-electron chi connectivity index (χ2n) is 5.83. The summed E-state index contributed by atoms with van der Waals surface area (Å²) in [5, 5.41) is 0. The van der Waals surface area contributed by atoms with E-state index in [4.69, 9.17) is 0 Å². The van der Waals surface area contributed by atoms with E-state index in [1.165, 1.54) is 44.5 Å². The Balaban J connectivity index is 0.00000162. The van der Waals surface area contributed by atoms with Crippen molar-refractivity contribution in [2.24, 2.45) is 0 Å². The molecule has 0 bridgehead atoms. The molecule has 0 fully saturated rings. The third-order valence-electron chi connectivity index (χ3n) is 5.00. The smallest absolute Gasteiger partial charge is 0 e. The average Bonchev–Trinajstić information content (AvgIpc) is 2.44. The Kier molecular flexibility index (Phi) is 4.07. The van der Waals surface area contributed by atoms with Gasteiger partial charge in [-0.15, -0.1) is 5.41 Å². The van der Waals surface area contributed by atoms with Gasteiger partial charge in [0.25, 0.3) is 0 Å². The second-order valence-corrected chi connectivity index (χ2v) is 5.83. The summed E-state index contributed by atoms with van der Waals surface area (Å²) in [4.78, 5) is 0. The zero-order chi connectivity index (χ0) is 13.1. The zero-order valence-electron chi connectivity index (χ0n) is 12.7. The van der Waals surface area contributed by atoms with Crippen LogP contribution in [0, 0.1) is 34.6 Å². The van der Waals surface area contributed by atoms with E-state index in [1.54, 1.807) is 0 Å². The topological polar surface area (TPSA) is 0 Å². The molecule has 0 aliphatic heterocycles. The number of rotatable bonds is 0. The Morgan fingerprint density at radius 1 is 0.778 bits per heavy atom. The monoisotopic (exact) mass is 275 g/mol. The number of fused-ring (bicyclic) bond motifs is 1. The van der Waals surface area contributed by atoms with Crippen LogP contribution in [-0.4, -0.2) is 0 Å². The summed E-state index contributed by atoms with van der Waals surface area (Å²) in [5.74, 6) is 0. The van der Waals surface area contributed by atoms with Crippen molar-refractivity contribution in [1.82, 2.24) is 0 Å². The molecule has 1 heteroatoms. The van der Waals surface area contributed by atoms with Gasteiger partial charge in [-0.05, 0) is 74.9 Å². The maximum absolute atomic E-state index is 4.46. The van der Waals surface area contributed by atoms with Crippen LogP contribution in [0.15, 0.2) is 5.57 Å². The zero-order valence-corrected chi connectivity index (χ0v) is 14.3. The molecule has 1 aromatic rings. The van der Waals surface area contributed by atoms with Gasteiger partial charge in [0.15, 0.2) is 0 Å². The molecule has 0 amide bonds. The van der Waals surface area contributed by atoms with Crippen LogP contribution in [-0.2, 0) is 27.1 Å². The molecule has 0 aromatic heterocycles. The first-order valence-electron chi connectivity index (χ1n) is 6.35. The molecular weight excluding hydrogens is 252 g/mol. The molecule has 1 aromatic carbocycles. The Hall–Kier alpha value is -0.326. The molecule has 0 heterocycles. The van der Waals surface area contributed by atoms with E-state index in [1.807, 2.05) is 0 Å². The van der Waals surface area contributed by atoms with Crippen molar-refractivity contribution in [3.63, 3.8) is 0 Å². The van der Waals surface area contributed by atoms with Gasteiger partial charge >= 0.3 is 0 Å². The van der Waals surface area contributed by atoms with Crippen LogP contribution in [0.1, 0.15) is 54.2 Å². The van der Waals surface area contributed by atoms with Crippen LogP contribution >= 0.6 is 0 Å². The quantitative estimate of drug-likeness (QED) is 0.470. The van der Waals surface area contributed by atoms with Crippen LogP contribution in [0.25, 0.3) is 5.57 Å². The van der Waals surface area contributed by atoms with Gasteiger partial charge in [-0.2, -0.15) is 0 Å². The van der Waals surface area contributed by atoms with Crippen LogP contribution in [0.4, 0.5) is 0 Å². The minimum atomic E-state index is -0.0489. The van der Waals surface area contributed by atoms with Gasteiger partial charge in [0.05, 0.1) is 0 Å². The summed E-state index contributed by atoms with van der Waals surface area (Å²) in [5.41, 5.74) is 11.4. The standard InChI is InChI=1S/C17H23.Ti/c1-9-10(2)12(4)16-15(11(9)3)13(5)14(6)17(16,7)8;/h7H2,1-6,8H3;/q-1;. The van der Waals surface area contributed by atoms with E-state index >= 15 is 0 Å². The first kappa shape index (κ1) is 15.7. The van der Waals surface area contributed by atoms with E-state index in [-0.39, 0.29) is 27.1 Å². The molecule has 0 N–H and O–H groups in total. The van der Waals surface area contributed by atoms with Crippen LogP contribution < -0.4 is 0 Å². The molecular formula is C17H23Ti-. The van der Waals surface area contributed by atoms with Crippen molar-refractivity contribution in [2.45, 2.75) is 53.9 Å². The van der Waals surface area contributed by atoms with E-state index < -0.39 is 0 Å². The van der Waals surface area contributed by atoms with E-state index in [0.29, 0.717) is 0 Å². The molecule has 1 aliphatic rings. The van der Waals surface area contributed by atoms with Crippen molar-refractivity contribution in [3.8, 4) is 0 Å². The largest absolute Gasteiger partial charge is 0.329 e. The van der Waals surface area contributed by atoms with Gasteiger partial charge in [0, 0.05) is 21.7 Å². The van der Waals surface area contributed by atoms with Crippen LogP contribution in [0.3, 0.4) is 0 Å². The molecule has 2 rings (SSSR count). The van der Waals surface area contributed by atoms with Gasteiger partial charge in [-0.25, -0.2) is 0 Å². The molecule has 0 spiro atoms. The molecule has 96 valence electrons. The fourth-order valence-electron chi connectivity index (χ4n) is 3.26. The minimum Gasteiger partial charge on any atom is -0.329 e. The fourth-order valence-corrected chi connectivity index (χ4v) is 3.26. The van der Waals surface area contributed by atoms with Crippen molar-refractivity contribution in [3.05, 3.63) is 45.9 Å². The number of allylic oxidation sites excluding steroid dienone is 2. The maximum atomic E-state index is 4.46. The van der Waals surface area contributed by atoms with Crippen LogP contribution in [0.5, 0.6) is 0 Å². The first-order chi connectivity index (χ1) is 7.71. The van der Waals surface area contributed by atoms with E-state index in [9.17, 15) is 0 Å². The molecule has 1 aliphatic carbocycles. The SMILES string of the molecule is [CH2-]C1(C)C(C)=C(C)c2c(C)c(C)c(C)c(C)c21.[Ti]. The Labute approximate surface area is 127 Å². The average molecular weight is 275 g/mol. The molecule has 18 heavy (non-hydrogen) atoms. The van der Waals surface area contributed by atoms with Crippen molar-refractivity contribution in [1.29, 1.82) is 0 Å². The molecule has 1 unspecified atom stereocenters. The van der Waals surface area contributed by atoms with Gasteiger partial charge in [0.2, 0.25) is 0 Å². The Morgan fingerprint density at radius 2 is 1.22 bits per heavy atom.